The Kier molecular flexibility index (Phi) is 32.2. The van der Waals surface area contributed by atoms with Gasteiger partial charge in [-0.1, -0.05) is 143 Å². The van der Waals surface area contributed by atoms with E-state index < -0.39 is 85.6 Å². The average molecular weight is 929 g/mol. The number of ether oxygens (including phenoxy) is 4. The smallest absolute Gasteiger partial charge is 0.234 e. The van der Waals surface area contributed by atoms with Crippen molar-refractivity contribution < 1.29 is 63.7 Å². The Labute approximate surface area is 390 Å². The van der Waals surface area contributed by atoms with Gasteiger partial charge in [-0.25, -0.2) is 0 Å². The predicted octanol–water partition coefficient (Wildman–Crippen LogP) is 3.20. The van der Waals surface area contributed by atoms with Gasteiger partial charge in [-0.15, -0.1) is 0 Å². The first-order valence-corrected chi connectivity index (χ1v) is 25.3. The summed E-state index contributed by atoms with van der Waals surface area (Å²) >= 11 is 0. The van der Waals surface area contributed by atoms with Gasteiger partial charge in [-0.3, -0.25) is 19.2 Å². The van der Waals surface area contributed by atoms with Crippen LogP contribution in [0.4, 0.5) is 0 Å². The van der Waals surface area contributed by atoms with E-state index >= 15 is 0 Å². The largest absolute Gasteiger partial charge is 0.394 e. The Morgan fingerprint density at radius 1 is 0.585 bits per heavy atom. The van der Waals surface area contributed by atoms with Crippen LogP contribution in [0.15, 0.2) is 0 Å². The Hall–Kier alpha value is -2.42. The fourth-order valence-corrected chi connectivity index (χ4v) is 8.38. The summed E-state index contributed by atoms with van der Waals surface area (Å²) in [6.07, 6.45) is 12.3. The second-order valence-electron chi connectivity index (χ2n) is 18.2. The van der Waals surface area contributed by atoms with Gasteiger partial charge in [0, 0.05) is 51.8 Å². The SMILES string of the molecule is CCCCCCCCCCCCCNC(=O)[C@H](BCC(=O)NCCCCCCCCCCCC)NC(=O)CCC(=O)NCC1O[C@H](O[C@@H]2C(CO)O[C@H](OC)C(O)[C@H]2O)C(O)[C@@H](O)[C@@H]1C. The van der Waals surface area contributed by atoms with Crippen molar-refractivity contribution in [1.29, 1.82) is 0 Å². The molecule has 17 nitrogen and oxygen atoms in total. The van der Waals surface area contributed by atoms with E-state index in [2.05, 4.69) is 35.1 Å². The Balaban J connectivity index is 1.85. The molecule has 4 unspecified atom stereocenters. The van der Waals surface area contributed by atoms with Crippen LogP contribution in [-0.2, 0) is 38.1 Å². The molecule has 9 N–H and O–H groups in total. The van der Waals surface area contributed by atoms with Crippen molar-refractivity contribution in [2.75, 3.05) is 33.4 Å². The molecule has 0 aliphatic carbocycles. The highest BCUT2D eigenvalue weighted by molar-refractivity contribution is 6.49. The summed E-state index contributed by atoms with van der Waals surface area (Å²) < 4.78 is 22.1. The Bertz CT molecular complexity index is 1290. The number of methoxy groups -OCH3 is 1. The van der Waals surface area contributed by atoms with Gasteiger partial charge in [-0.05, 0) is 12.8 Å². The number of rotatable bonds is 37. The van der Waals surface area contributed by atoms with Crippen molar-refractivity contribution in [3.8, 4) is 0 Å². The molecule has 2 aliphatic rings. The van der Waals surface area contributed by atoms with Gasteiger partial charge in [0.1, 0.15) is 30.5 Å². The van der Waals surface area contributed by atoms with Crippen LogP contribution >= 0.6 is 0 Å². The van der Waals surface area contributed by atoms with Gasteiger partial charge in [0.2, 0.25) is 23.6 Å². The third-order valence-corrected chi connectivity index (χ3v) is 12.7. The van der Waals surface area contributed by atoms with E-state index in [0.29, 0.717) is 13.1 Å². The van der Waals surface area contributed by atoms with Gasteiger partial charge in [0.15, 0.2) is 19.9 Å². The minimum atomic E-state index is -1.60. The van der Waals surface area contributed by atoms with Crippen molar-refractivity contribution in [3.05, 3.63) is 0 Å². The number of aliphatic hydroxyl groups excluding tert-OH is 5. The normalized spacial score (nSPS) is 26.0. The first kappa shape index (κ1) is 58.7. The van der Waals surface area contributed by atoms with Crippen molar-refractivity contribution in [2.45, 2.75) is 236 Å². The van der Waals surface area contributed by atoms with Crippen molar-refractivity contribution >= 4 is 30.9 Å². The maximum absolute atomic E-state index is 13.3. The lowest BCUT2D eigenvalue weighted by Crippen LogP contribution is -2.63. The molecular formula is C47H89BN4O13. The molecule has 2 fully saturated rings. The fraction of sp³-hybridized carbons (Fsp3) is 0.915. The standard InChI is InChI=1S/C47H89BN4O13/c1-5-7-9-11-13-15-17-19-21-23-25-29-50-45(61)44(48-30-38(56)49-28-24-22-20-18-16-14-12-10-8-6-2)52-37(55)27-26-36(54)51-31-34-33(3)39(57)41(59)47(63-34)65-43-35(32-53)64-46(62-4)42(60)40(43)58/h33-35,39-44,46-48,53,57-60H,5-32H2,1-4H3,(H,49,56)(H,50,61)(H,51,54)(H,52,55)/t33-,34?,35?,39+,40-,41?,42?,43-,44-,46+,47-/m1/s1. The molecule has 2 heterocycles. The highest BCUT2D eigenvalue weighted by atomic mass is 16.7. The summed E-state index contributed by atoms with van der Waals surface area (Å²) in [6, 6.07) is 0. The number of nitrogens with one attached hydrogen (secondary N) is 4. The monoisotopic (exact) mass is 929 g/mol. The van der Waals surface area contributed by atoms with Crippen LogP contribution < -0.4 is 21.3 Å². The van der Waals surface area contributed by atoms with Crippen molar-refractivity contribution in [2.24, 2.45) is 5.92 Å². The predicted molar refractivity (Wildman–Crippen MR) is 250 cm³/mol. The molecule has 0 aromatic heterocycles. The molecule has 18 heteroatoms. The highest BCUT2D eigenvalue weighted by Gasteiger charge is 2.50. The second kappa shape index (κ2) is 35.7. The van der Waals surface area contributed by atoms with Crippen LogP contribution in [0.1, 0.15) is 168 Å². The molecule has 0 spiro atoms. The number of carbonyl (C=O) groups excluding carboxylic acids is 4. The van der Waals surface area contributed by atoms with E-state index in [-0.39, 0.29) is 44.8 Å². The number of aliphatic hydroxyl groups is 5. The van der Waals surface area contributed by atoms with Gasteiger partial charge >= 0.3 is 0 Å². The first-order chi connectivity index (χ1) is 31.4. The quantitative estimate of drug-likeness (QED) is 0.0321. The molecule has 4 amide bonds. The van der Waals surface area contributed by atoms with Crippen molar-refractivity contribution in [1.82, 2.24) is 21.3 Å². The lowest BCUT2D eigenvalue weighted by molar-refractivity contribution is -0.351. The molecule has 11 atom stereocenters. The first-order valence-electron chi connectivity index (χ1n) is 25.3. The summed E-state index contributed by atoms with van der Waals surface area (Å²) in [4.78, 5) is 52.2. The van der Waals surface area contributed by atoms with Crippen LogP contribution in [0.25, 0.3) is 0 Å². The number of hydrogen-bond acceptors (Lipinski definition) is 13. The molecule has 0 saturated carbocycles. The zero-order valence-corrected chi connectivity index (χ0v) is 40.4. The molecule has 2 aliphatic heterocycles. The number of amides is 4. The van der Waals surface area contributed by atoms with Crippen molar-refractivity contribution in [3.63, 3.8) is 0 Å². The van der Waals surface area contributed by atoms with E-state index in [9.17, 15) is 44.7 Å². The van der Waals surface area contributed by atoms with Gasteiger partial charge in [-0.2, -0.15) is 0 Å². The minimum absolute atomic E-state index is 0.0571. The van der Waals surface area contributed by atoms with E-state index in [1.165, 1.54) is 103 Å². The lowest BCUT2D eigenvalue weighted by Gasteiger charge is -2.46. The zero-order valence-electron chi connectivity index (χ0n) is 40.4. The average Bonchev–Trinajstić information content (AvgIpc) is 3.30. The summed E-state index contributed by atoms with van der Waals surface area (Å²) in [6.45, 7) is 6.32. The van der Waals surface area contributed by atoms with Gasteiger partial charge in [0.25, 0.3) is 0 Å². The molecule has 2 rings (SSSR count). The number of carbonyl (C=O) groups is 4. The van der Waals surface area contributed by atoms with Crippen LogP contribution in [0.3, 0.4) is 0 Å². The molecule has 378 valence electrons. The van der Waals surface area contributed by atoms with Crippen LogP contribution in [0, 0.1) is 5.92 Å². The molecule has 0 aromatic carbocycles. The lowest BCUT2D eigenvalue weighted by atomic mass is 9.65. The minimum Gasteiger partial charge on any atom is -0.394 e. The summed E-state index contributed by atoms with van der Waals surface area (Å²) in [5.74, 6) is -3.24. The third kappa shape index (κ3) is 23.9. The summed E-state index contributed by atoms with van der Waals surface area (Å²) in [5, 5.41) is 63.8. The molecule has 2 saturated heterocycles. The number of unbranched alkanes of at least 4 members (excludes halogenated alkanes) is 19. The molecule has 0 bridgehead atoms. The highest BCUT2D eigenvalue weighted by Crippen LogP contribution is 2.31. The fourth-order valence-electron chi connectivity index (χ4n) is 8.38. The summed E-state index contributed by atoms with van der Waals surface area (Å²) in [7, 11) is 1.36. The second-order valence-corrected chi connectivity index (χ2v) is 18.2. The van der Waals surface area contributed by atoms with E-state index in [1.54, 1.807) is 6.92 Å². The van der Waals surface area contributed by atoms with Crippen LogP contribution in [0.2, 0.25) is 6.32 Å². The maximum Gasteiger partial charge on any atom is 0.234 e. The molecule has 65 heavy (non-hydrogen) atoms. The maximum atomic E-state index is 13.3. The van der Waals surface area contributed by atoms with E-state index in [4.69, 9.17) is 18.9 Å². The van der Waals surface area contributed by atoms with Crippen LogP contribution in [0.5, 0.6) is 0 Å². The van der Waals surface area contributed by atoms with Gasteiger partial charge in [0.05, 0.1) is 24.8 Å². The van der Waals surface area contributed by atoms with E-state index in [0.717, 1.165) is 38.5 Å². The number of hydrogen-bond donors (Lipinski definition) is 9. The van der Waals surface area contributed by atoms with E-state index in [1.807, 2.05) is 0 Å². The zero-order chi connectivity index (χ0) is 47.8. The molecule has 0 radical (unpaired) electrons. The summed E-state index contributed by atoms with van der Waals surface area (Å²) in [5.41, 5.74) is 0. The topological polar surface area (TPSA) is 254 Å². The third-order valence-electron chi connectivity index (χ3n) is 12.7. The molecule has 0 aromatic rings. The molecular weight excluding hydrogens is 839 g/mol. The Morgan fingerprint density at radius 2 is 1.06 bits per heavy atom. The van der Waals surface area contributed by atoms with Gasteiger partial charge < -0.3 is 65.7 Å². The Morgan fingerprint density at radius 3 is 1.58 bits per heavy atom. The van der Waals surface area contributed by atoms with Crippen LogP contribution in [-0.4, -0.2) is 151 Å².